The van der Waals surface area contributed by atoms with Gasteiger partial charge in [-0.15, -0.1) is 0 Å². The molecule has 0 unspecified atom stereocenters. The summed E-state index contributed by atoms with van der Waals surface area (Å²) < 4.78 is 0.559. The topological polar surface area (TPSA) is 181 Å². The average Bonchev–Trinajstić information content (AvgIpc) is 2.61. The summed E-state index contributed by atoms with van der Waals surface area (Å²) >= 11 is 0. The van der Waals surface area contributed by atoms with Gasteiger partial charge in [-0.05, 0) is 10.0 Å². The van der Waals surface area contributed by atoms with Crippen LogP contribution in [-0.2, 0) is 0 Å². The van der Waals surface area contributed by atoms with E-state index in [2.05, 4.69) is 15.3 Å². The van der Waals surface area contributed by atoms with E-state index in [1.165, 1.54) is 0 Å². The minimum Gasteiger partial charge on any atom is -0.390 e. The molecule has 2 rings (SSSR count). The maximum Gasteiger partial charge on any atom is 0.483 e. The average molecular weight is 240 g/mol. The Morgan fingerprint density at radius 2 is 1.76 bits per heavy atom. The highest BCUT2D eigenvalue weighted by Gasteiger charge is 2.31. The van der Waals surface area contributed by atoms with Crippen LogP contribution in [0.5, 0.6) is 0 Å². The van der Waals surface area contributed by atoms with Crippen LogP contribution in [-0.4, -0.2) is 29.7 Å². The molecule has 2 aromatic heterocycles. The molecule has 0 bridgehead atoms. The second-order valence-electron chi connectivity index (χ2n) is 2.90. The first-order valence-electron chi connectivity index (χ1n) is 4.02. The lowest BCUT2D eigenvalue weighted by molar-refractivity contribution is -0.396. The molecule has 0 spiro atoms. The first-order valence-corrected chi connectivity index (χ1v) is 4.02. The van der Waals surface area contributed by atoms with Crippen LogP contribution in [0.25, 0.3) is 5.65 Å². The quantitative estimate of drug-likeness (QED) is 0.496. The molecule has 0 amide bonds. The molecule has 0 aliphatic heterocycles. The van der Waals surface area contributed by atoms with Gasteiger partial charge in [0.25, 0.3) is 0 Å². The van der Waals surface area contributed by atoms with Gasteiger partial charge in [-0.1, -0.05) is 9.61 Å². The molecule has 4 N–H and O–H groups in total. The van der Waals surface area contributed by atoms with Crippen molar-refractivity contribution in [1.82, 2.24) is 19.8 Å². The molecule has 0 saturated carbocycles. The van der Waals surface area contributed by atoms with Gasteiger partial charge in [0.1, 0.15) is 0 Å². The van der Waals surface area contributed by atoms with Crippen LogP contribution < -0.4 is 11.5 Å². The summed E-state index contributed by atoms with van der Waals surface area (Å²) in [6.07, 6.45) is 0. The molecule has 2 aromatic rings. The smallest absolute Gasteiger partial charge is 0.390 e. The third-order valence-corrected chi connectivity index (χ3v) is 1.92. The fraction of sp³-hybridized carbons (Fsp3) is 0. The van der Waals surface area contributed by atoms with E-state index in [9.17, 15) is 20.2 Å². The molecular formula is C5H4N8O4. The van der Waals surface area contributed by atoms with Crippen LogP contribution in [0.1, 0.15) is 0 Å². The summed E-state index contributed by atoms with van der Waals surface area (Å²) in [5.74, 6) is -1.19. The number of nitrogens with two attached hydrogens (primary N) is 2. The van der Waals surface area contributed by atoms with Gasteiger partial charge in [-0.25, -0.2) is 0 Å². The molecule has 0 aromatic carbocycles. The van der Waals surface area contributed by atoms with Gasteiger partial charge in [-0.3, -0.25) is 10.1 Å². The number of nitro groups is 2. The van der Waals surface area contributed by atoms with Crippen LogP contribution in [0, 0.1) is 20.2 Å². The van der Waals surface area contributed by atoms with Crippen molar-refractivity contribution in [2.45, 2.75) is 0 Å². The summed E-state index contributed by atoms with van der Waals surface area (Å²) in [6.45, 7) is 0. The van der Waals surface area contributed by atoms with Crippen molar-refractivity contribution < 1.29 is 9.85 Å². The Labute approximate surface area is 91.1 Å². The maximum absolute atomic E-state index is 10.8. The molecule has 0 aliphatic carbocycles. The number of fused-ring (bicyclic) bond motifs is 1. The van der Waals surface area contributed by atoms with Gasteiger partial charge in [0.2, 0.25) is 0 Å². The highest BCUT2D eigenvalue weighted by Crippen LogP contribution is 2.30. The predicted molar refractivity (Wildman–Crippen MR) is 52.9 cm³/mol. The number of anilines is 2. The van der Waals surface area contributed by atoms with Crippen LogP contribution >= 0.6 is 0 Å². The van der Waals surface area contributed by atoms with Crippen LogP contribution in [0.4, 0.5) is 23.1 Å². The molecule has 0 fully saturated rings. The van der Waals surface area contributed by atoms with Gasteiger partial charge < -0.3 is 21.6 Å². The molecule has 0 radical (unpaired) electrons. The van der Waals surface area contributed by atoms with Crippen molar-refractivity contribution in [3.63, 3.8) is 0 Å². The Morgan fingerprint density at radius 3 is 2.29 bits per heavy atom. The SMILES string of the molecule is Nc1nn2c([N+](=O)[O-])nnc2c([N+](=O)[O-])c1N. The van der Waals surface area contributed by atoms with Crippen molar-refractivity contribution in [3.05, 3.63) is 20.2 Å². The van der Waals surface area contributed by atoms with Gasteiger partial charge in [-0.2, -0.15) is 0 Å². The summed E-state index contributed by atoms with van der Waals surface area (Å²) in [6, 6.07) is 0. The van der Waals surface area contributed by atoms with Gasteiger partial charge in [0, 0.05) is 0 Å². The van der Waals surface area contributed by atoms with Crippen molar-refractivity contribution in [1.29, 1.82) is 0 Å². The fourth-order valence-corrected chi connectivity index (χ4v) is 1.21. The van der Waals surface area contributed by atoms with Crippen LogP contribution in [0.2, 0.25) is 0 Å². The van der Waals surface area contributed by atoms with Crippen molar-refractivity contribution in [3.8, 4) is 0 Å². The lowest BCUT2D eigenvalue weighted by atomic mass is 10.3. The first kappa shape index (κ1) is 10.5. The Bertz CT molecular complexity index is 647. The van der Waals surface area contributed by atoms with E-state index in [4.69, 9.17) is 11.5 Å². The van der Waals surface area contributed by atoms with Crippen molar-refractivity contribution in [2.75, 3.05) is 11.5 Å². The van der Waals surface area contributed by atoms with E-state index in [0.717, 1.165) is 0 Å². The number of hydrogen-bond acceptors (Lipinski definition) is 9. The zero-order chi connectivity index (χ0) is 12.7. The molecule has 0 aliphatic rings. The van der Waals surface area contributed by atoms with E-state index in [1.807, 2.05) is 0 Å². The lowest BCUT2D eigenvalue weighted by Gasteiger charge is -1.99. The second-order valence-corrected chi connectivity index (χ2v) is 2.90. The number of nitrogen functional groups attached to an aromatic ring is 2. The second kappa shape index (κ2) is 3.22. The number of rotatable bonds is 2. The largest absolute Gasteiger partial charge is 0.483 e. The molecular weight excluding hydrogens is 236 g/mol. The summed E-state index contributed by atoms with van der Waals surface area (Å²) in [5, 5.41) is 31.3. The van der Waals surface area contributed by atoms with Crippen molar-refractivity contribution in [2.24, 2.45) is 0 Å². The van der Waals surface area contributed by atoms with E-state index in [1.54, 1.807) is 0 Å². The van der Waals surface area contributed by atoms with Gasteiger partial charge >= 0.3 is 17.3 Å². The molecule has 12 heteroatoms. The van der Waals surface area contributed by atoms with Gasteiger partial charge in [0.05, 0.1) is 10.0 Å². The highest BCUT2D eigenvalue weighted by atomic mass is 16.6. The number of nitrogens with zero attached hydrogens (tertiary/aromatic N) is 6. The molecule has 0 atom stereocenters. The predicted octanol–water partition coefficient (Wildman–Crippen LogP) is -0.895. The van der Waals surface area contributed by atoms with Crippen LogP contribution in [0.15, 0.2) is 0 Å². The Morgan fingerprint density at radius 1 is 1.12 bits per heavy atom. The van der Waals surface area contributed by atoms with E-state index >= 15 is 0 Å². The maximum atomic E-state index is 10.8. The standard InChI is InChI=1S/C5H4N8O4/c6-1-2(12(14)15)4-8-9-5(13(16)17)11(4)10-3(1)7/h6H2,(H2,7,10). The normalized spacial score (nSPS) is 10.6. The Balaban J connectivity index is 2.93. The fourth-order valence-electron chi connectivity index (χ4n) is 1.21. The summed E-state index contributed by atoms with van der Waals surface area (Å²) in [5.41, 5.74) is 9.15. The van der Waals surface area contributed by atoms with E-state index in [-0.39, 0.29) is 0 Å². The third kappa shape index (κ3) is 1.35. The molecule has 2 heterocycles. The Hall–Kier alpha value is -3.05. The first-order chi connectivity index (χ1) is 7.93. The highest BCUT2D eigenvalue weighted by molar-refractivity contribution is 5.80. The van der Waals surface area contributed by atoms with Crippen LogP contribution in [0.3, 0.4) is 0 Å². The van der Waals surface area contributed by atoms with Gasteiger partial charge in [0.15, 0.2) is 11.5 Å². The minimum atomic E-state index is -0.896. The Kier molecular flexibility index (Phi) is 1.99. The zero-order valence-electron chi connectivity index (χ0n) is 7.97. The molecule has 88 valence electrons. The minimum absolute atomic E-state index is 0.410. The zero-order valence-corrected chi connectivity index (χ0v) is 7.97. The van der Waals surface area contributed by atoms with E-state index < -0.39 is 38.6 Å². The third-order valence-electron chi connectivity index (χ3n) is 1.92. The number of aromatic nitrogens is 4. The summed E-state index contributed by atoms with van der Waals surface area (Å²) in [4.78, 5) is 19.6. The van der Waals surface area contributed by atoms with E-state index in [0.29, 0.717) is 4.52 Å². The lowest BCUT2D eigenvalue weighted by Crippen LogP contribution is -2.09. The molecule has 17 heavy (non-hydrogen) atoms. The molecule has 12 nitrogen and oxygen atoms in total. The van der Waals surface area contributed by atoms with Crippen molar-refractivity contribution >= 4 is 28.8 Å². The molecule has 0 saturated heterocycles. The monoisotopic (exact) mass is 240 g/mol. The summed E-state index contributed by atoms with van der Waals surface area (Å²) in [7, 11) is 0. The number of hydrogen-bond donors (Lipinski definition) is 2.